The van der Waals surface area contributed by atoms with Crippen molar-refractivity contribution < 1.29 is 9.53 Å². The molecular formula is C17H26N2O2. The molecule has 2 rings (SSSR count). The second-order valence-electron chi connectivity index (χ2n) is 5.87. The molecule has 1 amide bonds. The number of amides is 1. The minimum atomic E-state index is -0.423. The molecule has 1 aliphatic rings. The molecule has 0 saturated carbocycles. The fraction of sp³-hybridized carbons (Fsp3) is 0.588. The molecule has 1 aromatic rings. The van der Waals surface area contributed by atoms with Crippen LogP contribution in [0.4, 0.5) is 0 Å². The molecule has 3 atom stereocenters. The van der Waals surface area contributed by atoms with Crippen LogP contribution in [0.5, 0.6) is 5.75 Å². The molecule has 4 nitrogen and oxygen atoms in total. The number of aryl methyl sites for hydroxylation is 1. The Morgan fingerprint density at radius 3 is 2.90 bits per heavy atom. The van der Waals surface area contributed by atoms with E-state index in [0.717, 1.165) is 30.8 Å². The van der Waals surface area contributed by atoms with Crippen LogP contribution in [-0.4, -0.2) is 31.1 Å². The second-order valence-corrected chi connectivity index (χ2v) is 5.87. The molecular weight excluding hydrogens is 264 g/mol. The van der Waals surface area contributed by atoms with Gasteiger partial charge in [0.2, 0.25) is 0 Å². The Hall–Kier alpha value is -1.55. The Morgan fingerprint density at radius 2 is 2.24 bits per heavy atom. The van der Waals surface area contributed by atoms with Crippen molar-refractivity contribution >= 4 is 5.91 Å². The minimum Gasteiger partial charge on any atom is -0.480 e. The van der Waals surface area contributed by atoms with Gasteiger partial charge in [0.25, 0.3) is 5.91 Å². The van der Waals surface area contributed by atoms with Gasteiger partial charge in [-0.25, -0.2) is 0 Å². The van der Waals surface area contributed by atoms with Gasteiger partial charge in [0.05, 0.1) is 0 Å². The Labute approximate surface area is 127 Å². The highest BCUT2D eigenvalue weighted by Crippen LogP contribution is 2.19. The number of benzene rings is 1. The molecule has 1 aromatic carbocycles. The van der Waals surface area contributed by atoms with Crippen molar-refractivity contribution in [2.24, 2.45) is 5.92 Å². The van der Waals surface area contributed by atoms with Crippen molar-refractivity contribution in [2.45, 2.75) is 45.8 Å². The van der Waals surface area contributed by atoms with Gasteiger partial charge in [-0.15, -0.1) is 0 Å². The van der Waals surface area contributed by atoms with Crippen molar-refractivity contribution in [2.75, 3.05) is 13.1 Å². The number of hydrogen-bond acceptors (Lipinski definition) is 3. The lowest BCUT2D eigenvalue weighted by Crippen LogP contribution is -2.51. The normalized spacial score (nSPS) is 23.4. The predicted molar refractivity (Wildman–Crippen MR) is 84.5 cm³/mol. The zero-order chi connectivity index (χ0) is 15.2. The number of hydrogen-bond donors (Lipinski definition) is 2. The summed E-state index contributed by atoms with van der Waals surface area (Å²) >= 11 is 0. The van der Waals surface area contributed by atoms with Gasteiger partial charge in [-0.3, -0.25) is 4.79 Å². The molecule has 0 aliphatic carbocycles. The molecule has 1 aliphatic heterocycles. The number of para-hydroxylation sites is 1. The van der Waals surface area contributed by atoms with Crippen LogP contribution in [0, 0.1) is 12.8 Å². The number of piperidine rings is 1. The first-order valence-electron chi connectivity index (χ1n) is 7.85. The third-order valence-electron chi connectivity index (χ3n) is 4.14. The molecule has 0 radical (unpaired) electrons. The molecule has 0 bridgehead atoms. The predicted octanol–water partition coefficient (Wildman–Crippen LogP) is 2.27. The van der Waals surface area contributed by atoms with E-state index in [1.54, 1.807) is 0 Å². The molecule has 0 aromatic heterocycles. The van der Waals surface area contributed by atoms with E-state index in [0.29, 0.717) is 12.3 Å². The SMILES string of the molecule is CCC(Oc1ccccc1C)C(=O)NC1CCNCC1C. The van der Waals surface area contributed by atoms with Crippen molar-refractivity contribution in [3.05, 3.63) is 29.8 Å². The molecule has 1 heterocycles. The van der Waals surface area contributed by atoms with E-state index in [4.69, 9.17) is 4.74 Å². The van der Waals surface area contributed by atoms with Gasteiger partial charge in [0.1, 0.15) is 5.75 Å². The number of carbonyl (C=O) groups is 1. The summed E-state index contributed by atoms with van der Waals surface area (Å²) in [6.45, 7) is 8.06. The standard InChI is InChI=1S/C17H26N2O2/c1-4-15(21-16-8-6-5-7-12(16)2)17(20)19-14-9-10-18-11-13(14)3/h5-8,13-15,18H,4,9-11H2,1-3H3,(H,19,20). The summed E-state index contributed by atoms with van der Waals surface area (Å²) in [7, 11) is 0. The number of rotatable bonds is 5. The second kappa shape index (κ2) is 7.46. The first-order valence-corrected chi connectivity index (χ1v) is 7.85. The maximum Gasteiger partial charge on any atom is 0.261 e. The molecule has 3 unspecified atom stereocenters. The maximum absolute atomic E-state index is 12.4. The van der Waals surface area contributed by atoms with Gasteiger partial charge in [0, 0.05) is 6.04 Å². The molecule has 21 heavy (non-hydrogen) atoms. The fourth-order valence-electron chi connectivity index (χ4n) is 2.67. The summed E-state index contributed by atoms with van der Waals surface area (Å²) in [4.78, 5) is 12.4. The molecule has 2 N–H and O–H groups in total. The van der Waals surface area contributed by atoms with Gasteiger partial charge in [-0.1, -0.05) is 32.0 Å². The average molecular weight is 290 g/mol. The van der Waals surface area contributed by atoms with Crippen LogP contribution in [0.3, 0.4) is 0 Å². The Kier molecular flexibility index (Phi) is 5.62. The fourth-order valence-corrected chi connectivity index (χ4v) is 2.67. The summed E-state index contributed by atoms with van der Waals surface area (Å²) < 4.78 is 5.91. The summed E-state index contributed by atoms with van der Waals surface area (Å²) in [6.07, 6.45) is 1.22. The van der Waals surface area contributed by atoms with Gasteiger partial charge >= 0.3 is 0 Å². The highest BCUT2D eigenvalue weighted by molar-refractivity contribution is 5.81. The van der Waals surface area contributed by atoms with Crippen LogP contribution in [0.2, 0.25) is 0 Å². The monoisotopic (exact) mass is 290 g/mol. The summed E-state index contributed by atoms with van der Waals surface area (Å²) in [5, 5.41) is 6.50. The lowest BCUT2D eigenvalue weighted by molar-refractivity contribution is -0.129. The van der Waals surface area contributed by atoms with E-state index in [1.165, 1.54) is 0 Å². The molecule has 4 heteroatoms. The number of ether oxygens (including phenoxy) is 1. The van der Waals surface area contributed by atoms with E-state index in [9.17, 15) is 4.79 Å². The molecule has 0 spiro atoms. The Morgan fingerprint density at radius 1 is 1.48 bits per heavy atom. The van der Waals surface area contributed by atoms with Crippen molar-refractivity contribution in [3.63, 3.8) is 0 Å². The largest absolute Gasteiger partial charge is 0.480 e. The average Bonchev–Trinajstić information content (AvgIpc) is 2.48. The topological polar surface area (TPSA) is 50.4 Å². The van der Waals surface area contributed by atoms with E-state index < -0.39 is 6.10 Å². The Balaban J connectivity index is 1.97. The van der Waals surface area contributed by atoms with Crippen LogP contribution in [-0.2, 0) is 4.79 Å². The van der Waals surface area contributed by atoms with Crippen LogP contribution < -0.4 is 15.4 Å². The van der Waals surface area contributed by atoms with Crippen molar-refractivity contribution in [1.29, 1.82) is 0 Å². The van der Waals surface area contributed by atoms with Crippen LogP contribution in [0.25, 0.3) is 0 Å². The lowest BCUT2D eigenvalue weighted by Gasteiger charge is -2.31. The summed E-state index contributed by atoms with van der Waals surface area (Å²) in [6, 6.07) is 8.06. The number of nitrogens with one attached hydrogen (secondary N) is 2. The Bertz CT molecular complexity index is 476. The zero-order valence-corrected chi connectivity index (χ0v) is 13.2. The molecule has 1 saturated heterocycles. The van der Waals surface area contributed by atoms with Crippen LogP contribution in [0.15, 0.2) is 24.3 Å². The first kappa shape index (κ1) is 15.8. The number of carbonyl (C=O) groups excluding carboxylic acids is 1. The molecule has 1 fully saturated rings. The van der Waals surface area contributed by atoms with Gasteiger partial charge < -0.3 is 15.4 Å². The van der Waals surface area contributed by atoms with Gasteiger partial charge in [-0.2, -0.15) is 0 Å². The third-order valence-corrected chi connectivity index (χ3v) is 4.14. The highest BCUT2D eigenvalue weighted by Gasteiger charge is 2.26. The van der Waals surface area contributed by atoms with Crippen LogP contribution >= 0.6 is 0 Å². The van der Waals surface area contributed by atoms with E-state index in [1.807, 2.05) is 38.1 Å². The maximum atomic E-state index is 12.4. The van der Waals surface area contributed by atoms with E-state index in [2.05, 4.69) is 17.6 Å². The van der Waals surface area contributed by atoms with E-state index in [-0.39, 0.29) is 11.9 Å². The third kappa shape index (κ3) is 4.21. The first-order chi connectivity index (χ1) is 10.1. The highest BCUT2D eigenvalue weighted by atomic mass is 16.5. The quantitative estimate of drug-likeness (QED) is 0.874. The van der Waals surface area contributed by atoms with Crippen molar-refractivity contribution in [3.8, 4) is 5.75 Å². The van der Waals surface area contributed by atoms with Crippen LogP contribution in [0.1, 0.15) is 32.3 Å². The molecule has 116 valence electrons. The minimum absolute atomic E-state index is 0.000460. The lowest BCUT2D eigenvalue weighted by atomic mass is 9.95. The van der Waals surface area contributed by atoms with E-state index >= 15 is 0 Å². The van der Waals surface area contributed by atoms with Crippen molar-refractivity contribution in [1.82, 2.24) is 10.6 Å². The summed E-state index contributed by atoms with van der Waals surface area (Å²) in [5.41, 5.74) is 1.05. The van der Waals surface area contributed by atoms with Gasteiger partial charge in [-0.05, 0) is 50.4 Å². The summed E-state index contributed by atoms with van der Waals surface area (Å²) in [5.74, 6) is 1.25. The zero-order valence-electron chi connectivity index (χ0n) is 13.2. The smallest absolute Gasteiger partial charge is 0.261 e. The van der Waals surface area contributed by atoms with Gasteiger partial charge in [0.15, 0.2) is 6.10 Å².